The fourth-order valence-electron chi connectivity index (χ4n) is 2.48. The van der Waals surface area contributed by atoms with Crippen LogP contribution in [0.25, 0.3) is 0 Å². The van der Waals surface area contributed by atoms with Crippen molar-refractivity contribution in [1.82, 2.24) is 0 Å². The van der Waals surface area contributed by atoms with Crippen LogP contribution in [-0.4, -0.2) is 32.8 Å². The fraction of sp³-hybridized carbons (Fsp3) is 0.571. The molecule has 1 unspecified atom stereocenters. The number of anilines is 1. The first-order valence-corrected chi connectivity index (χ1v) is 6.48. The molecule has 1 atom stereocenters. The molecule has 2 N–H and O–H groups in total. The zero-order chi connectivity index (χ0) is 13.0. The summed E-state index contributed by atoms with van der Waals surface area (Å²) in [6.07, 6.45) is 0.953. The molecule has 1 aliphatic rings. The standard InChI is InChI=1S/C14H21FN2O/c1-2-17(13-6-4-3-5-12(13)15)10-14(9-16)7-8-18-11-14/h3-6H,2,7-11,16H2,1H3. The monoisotopic (exact) mass is 252 g/mol. The van der Waals surface area contributed by atoms with Crippen molar-refractivity contribution in [3.05, 3.63) is 30.1 Å². The van der Waals surface area contributed by atoms with E-state index in [9.17, 15) is 4.39 Å². The number of nitrogens with two attached hydrogens (primary N) is 1. The van der Waals surface area contributed by atoms with E-state index in [1.54, 1.807) is 6.07 Å². The molecule has 0 spiro atoms. The van der Waals surface area contributed by atoms with Gasteiger partial charge >= 0.3 is 0 Å². The van der Waals surface area contributed by atoms with Crippen molar-refractivity contribution in [3.8, 4) is 0 Å². The Hall–Kier alpha value is -1.13. The zero-order valence-corrected chi connectivity index (χ0v) is 10.9. The summed E-state index contributed by atoms with van der Waals surface area (Å²) in [5.41, 5.74) is 6.51. The Balaban J connectivity index is 2.17. The largest absolute Gasteiger partial charge is 0.381 e. The van der Waals surface area contributed by atoms with E-state index in [-0.39, 0.29) is 11.2 Å². The van der Waals surface area contributed by atoms with Crippen LogP contribution in [0.15, 0.2) is 24.3 Å². The minimum absolute atomic E-state index is 0.0295. The Morgan fingerprint density at radius 2 is 2.22 bits per heavy atom. The van der Waals surface area contributed by atoms with Gasteiger partial charge in [0.05, 0.1) is 12.3 Å². The molecule has 4 heteroatoms. The molecular formula is C14H21FN2O. The van der Waals surface area contributed by atoms with Gasteiger partial charge in [-0.3, -0.25) is 0 Å². The number of halogens is 1. The van der Waals surface area contributed by atoms with E-state index >= 15 is 0 Å². The molecule has 0 amide bonds. The summed E-state index contributed by atoms with van der Waals surface area (Å²) < 4.78 is 19.3. The highest BCUT2D eigenvalue weighted by molar-refractivity contribution is 5.47. The minimum atomic E-state index is -0.176. The quantitative estimate of drug-likeness (QED) is 0.871. The molecular weight excluding hydrogens is 231 g/mol. The molecule has 0 aromatic heterocycles. The molecule has 1 saturated heterocycles. The maximum atomic E-state index is 13.8. The lowest BCUT2D eigenvalue weighted by Crippen LogP contribution is -2.43. The number of hydrogen-bond donors (Lipinski definition) is 1. The van der Waals surface area contributed by atoms with Crippen LogP contribution in [0.2, 0.25) is 0 Å². The summed E-state index contributed by atoms with van der Waals surface area (Å²) >= 11 is 0. The van der Waals surface area contributed by atoms with Crippen molar-refractivity contribution < 1.29 is 9.13 Å². The van der Waals surface area contributed by atoms with Gasteiger partial charge in [-0.2, -0.15) is 0 Å². The predicted molar refractivity (Wildman–Crippen MR) is 71.2 cm³/mol. The molecule has 18 heavy (non-hydrogen) atoms. The molecule has 0 radical (unpaired) electrons. The Morgan fingerprint density at radius 3 is 2.78 bits per heavy atom. The van der Waals surface area contributed by atoms with Gasteiger partial charge in [0.25, 0.3) is 0 Å². The van der Waals surface area contributed by atoms with Gasteiger partial charge < -0.3 is 15.4 Å². The Morgan fingerprint density at radius 1 is 1.44 bits per heavy atom. The Bertz CT molecular complexity index is 391. The maximum absolute atomic E-state index is 13.8. The highest BCUT2D eigenvalue weighted by Crippen LogP contribution is 2.31. The fourth-order valence-corrected chi connectivity index (χ4v) is 2.48. The van der Waals surface area contributed by atoms with Crippen molar-refractivity contribution in [2.45, 2.75) is 13.3 Å². The lowest BCUT2D eigenvalue weighted by molar-refractivity contribution is 0.157. The normalized spacial score (nSPS) is 23.3. The van der Waals surface area contributed by atoms with Gasteiger partial charge in [-0.25, -0.2) is 4.39 Å². The minimum Gasteiger partial charge on any atom is -0.381 e. The molecule has 0 aliphatic carbocycles. The molecule has 3 nitrogen and oxygen atoms in total. The van der Waals surface area contributed by atoms with E-state index in [1.165, 1.54) is 6.07 Å². The summed E-state index contributed by atoms with van der Waals surface area (Å²) in [7, 11) is 0. The van der Waals surface area contributed by atoms with Crippen molar-refractivity contribution in [2.75, 3.05) is 37.7 Å². The number of ether oxygens (including phenoxy) is 1. The highest BCUT2D eigenvalue weighted by atomic mass is 19.1. The molecule has 1 aromatic carbocycles. The Kier molecular flexibility index (Phi) is 4.19. The number of hydrogen-bond acceptors (Lipinski definition) is 3. The molecule has 100 valence electrons. The van der Waals surface area contributed by atoms with Gasteiger partial charge in [0.15, 0.2) is 0 Å². The van der Waals surface area contributed by atoms with Crippen molar-refractivity contribution in [1.29, 1.82) is 0 Å². The van der Waals surface area contributed by atoms with Gasteiger partial charge in [-0.1, -0.05) is 12.1 Å². The topological polar surface area (TPSA) is 38.5 Å². The second kappa shape index (κ2) is 5.67. The maximum Gasteiger partial charge on any atom is 0.146 e. The van der Waals surface area contributed by atoms with Gasteiger partial charge in [-0.05, 0) is 25.5 Å². The first-order valence-electron chi connectivity index (χ1n) is 6.48. The second-order valence-electron chi connectivity index (χ2n) is 4.97. The molecule has 2 rings (SSSR count). The van der Waals surface area contributed by atoms with Crippen LogP contribution in [0, 0.1) is 11.2 Å². The summed E-state index contributed by atoms with van der Waals surface area (Å²) in [6.45, 7) is 5.56. The SMILES string of the molecule is CCN(CC1(CN)CCOC1)c1ccccc1F. The molecule has 0 bridgehead atoms. The summed E-state index contributed by atoms with van der Waals surface area (Å²) in [5, 5.41) is 0. The average molecular weight is 252 g/mol. The van der Waals surface area contributed by atoms with Crippen LogP contribution in [0.5, 0.6) is 0 Å². The van der Waals surface area contributed by atoms with Crippen LogP contribution in [0.4, 0.5) is 10.1 Å². The van der Waals surface area contributed by atoms with E-state index < -0.39 is 0 Å². The third-order valence-electron chi connectivity index (χ3n) is 3.72. The highest BCUT2D eigenvalue weighted by Gasteiger charge is 2.35. The number of nitrogens with zero attached hydrogens (tertiary/aromatic N) is 1. The molecule has 1 heterocycles. The van der Waals surface area contributed by atoms with Crippen LogP contribution in [0.3, 0.4) is 0 Å². The van der Waals surface area contributed by atoms with E-state index in [0.717, 1.165) is 26.1 Å². The van der Waals surface area contributed by atoms with E-state index in [1.807, 2.05) is 19.1 Å². The lowest BCUT2D eigenvalue weighted by Gasteiger charge is -2.34. The van der Waals surface area contributed by atoms with Crippen LogP contribution in [-0.2, 0) is 4.74 Å². The van der Waals surface area contributed by atoms with Crippen LogP contribution in [0.1, 0.15) is 13.3 Å². The zero-order valence-electron chi connectivity index (χ0n) is 10.9. The number of rotatable bonds is 5. The molecule has 1 aliphatic heterocycles. The van der Waals surface area contributed by atoms with Gasteiger partial charge in [-0.15, -0.1) is 0 Å². The Labute approximate surface area is 108 Å². The van der Waals surface area contributed by atoms with E-state index in [4.69, 9.17) is 10.5 Å². The predicted octanol–water partition coefficient (Wildman–Crippen LogP) is 2.02. The van der Waals surface area contributed by atoms with E-state index in [0.29, 0.717) is 18.8 Å². The average Bonchev–Trinajstić information content (AvgIpc) is 2.86. The van der Waals surface area contributed by atoms with Crippen LogP contribution < -0.4 is 10.6 Å². The third-order valence-corrected chi connectivity index (χ3v) is 3.72. The van der Waals surface area contributed by atoms with Crippen molar-refractivity contribution >= 4 is 5.69 Å². The summed E-state index contributed by atoms with van der Waals surface area (Å²) in [6, 6.07) is 6.89. The van der Waals surface area contributed by atoms with Gasteiger partial charge in [0.1, 0.15) is 5.82 Å². The second-order valence-corrected chi connectivity index (χ2v) is 4.97. The van der Waals surface area contributed by atoms with Gasteiger partial charge in [0.2, 0.25) is 0 Å². The number of para-hydroxylation sites is 1. The first kappa shape index (κ1) is 13.3. The van der Waals surface area contributed by atoms with E-state index in [2.05, 4.69) is 4.90 Å². The summed E-state index contributed by atoms with van der Waals surface area (Å²) in [4.78, 5) is 2.05. The smallest absolute Gasteiger partial charge is 0.146 e. The summed E-state index contributed by atoms with van der Waals surface area (Å²) in [5.74, 6) is -0.176. The molecule has 1 fully saturated rings. The number of benzene rings is 1. The lowest BCUT2D eigenvalue weighted by atomic mass is 9.86. The molecule has 1 aromatic rings. The molecule has 0 saturated carbocycles. The van der Waals surface area contributed by atoms with Gasteiger partial charge in [0, 0.05) is 31.7 Å². The van der Waals surface area contributed by atoms with Crippen LogP contribution >= 0.6 is 0 Å². The van der Waals surface area contributed by atoms with Crippen molar-refractivity contribution in [3.63, 3.8) is 0 Å². The van der Waals surface area contributed by atoms with Crippen molar-refractivity contribution in [2.24, 2.45) is 11.1 Å². The third kappa shape index (κ3) is 2.65. The first-order chi connectivity index (χ1) is 8.71.